The zero-order chi connectivity index (χ0) is 15.1. The Balaban J connectivity index is 2.02. The number of ether oxygens (including phenoxy) is 1. The van der Waals surface area contributed by atoms with Gasteiger partial charge in [0.2, 0.25) is 0 Å². The molecule has 0 atom stereocenters. The molecule has 0 aliphatic heterocycles. The van der Waals surface area contributed by atoms with Crippen LogP contribution in [0.25, 0.3) is 0 Å². The molecule has 0 bridgehead atoms. The molecule has 2 nitrogen and oxygen atoms in total. The number of benzene rings is 2. The fraction of sp³-hybridized carbons (Fsp3) is 0.294. The van der Waals surface area contributed by atoms with Crippen molar-refractivity contribution in [2.24, 2.45) is 0 Å². The molecule has 0 fully saturated rings. The summed E-state index contributed by atoms with van der Waals surface area (Å²) in [6.07, 6.45) is 1.01. The number of rotatable bonds is 7. The van der Waals surface area contributed by atoms with Gasteiger partial charge in [0.25, 0.3) is 0 Å². The second-order valence-corrected chi connectivity index (χ2v) is 6.03. The third-order valence-electron chi connectivity index (χ3n) is 3.22. The predicted molar refractivity (Wildman–Crippen MR) is 92.2 cm³/mol. The van der Waals surface area contributed by atoms with E-state index in [9.17, 15) is 0 Å². The Kier molecular flexibility index (Phi) is 6.55. The highest BCUT2D eigenvalue weighted by Crippen LogP contribution is 2.28. The van der Waals surface area contributed by atoms with Crippen LogP contribution >= 0.6 is 27.5 Å². The van der Waals surface area contributed by atoms with Gasteiger partial charge in [-0.15, -0.1) is 0 Å². The van der Waals surface area contributed by atoms with Gasteiger partial charge in [0.15, 0.2) is 0 Å². The summed E-state index contributed by atoms with van der Waals surface area (Å²) in [5, 5.41) is 4.04. The molecule has 0 radical (unpaired) electrons. The van der Waals surface area contributed by atoms with Crippen molar-refractivity contribution in [1.29, 1.82) is 0 Å². The maximum atomic E-state index is 5.94. The fourth-order valence-corrected chi connectivity index (χ4v) is 2.89. The number of halogens is 2. The lowest BCUT2D eigenvalue weighted by Crippen LogP contribution is -2.17. The molecule has 1 N–H and O–H groups in total. The van der Waals surface area contributed by atoms with Gasteiger partial charge >= 0.3 is 0 Å². The number of hydrogen-bond acceptors (Lipinski definition) is 2. The fourth-order valence-electron chi connectivity index (χ4n) is 2.09. The Bertz CT molecular complexity index is 589. The van der Waals surface area contributed by atoms with Gasteiger partial charge in [0, 0.05) is 5.02 Å². The van der Waals surface area contributed by atoms with Gasteiger partial charge in [0.1, 0.15) is 12.4 Å². The van der Waals surface area contributed by atoms with E-state index in [4.69, 9.17) is 16.3 Å². The minimum Gasteiger partial charge on any atom is -0.488 e. The number of hydrogen-bond donors (Lipinski definition) is 1. The van der Waals surface area contributed by atoms with Crippen molar-refractivity contribution in [2.75, 3.05) is 13.1 Å². The average Bonchev–Trinajstić information content (AvgIpc) is 2.48. The van der Waals surface area contributed by atoms with Crippen LogP contribution in [-0.2, 0) is 13.0 Å². The van der Waals surface area contributed by atoms with E-state index in [1.807, 2.05) is 24.3 Å². The first-order chi connectivity index (χ1) is 10.2. The van der Waals surface area contributed by atoms with Crippen LogP contribution in [0, 0.1) is 0 Å². The second-order valence-electron chi connectivity index (χ2n) is 4.74. The summed E-state index contributed by atoms with van der Waals surface area (Å²) < 4.78 is 6.77. The molecule has 21 heavy (non-hydrogen) atoms. The zero-order valence-corrected chi connectivity index (χ0v) is 14.4. The molecular formula is C17H19BrClNO. The number of likely N-dealkylation sites (N-methyl/N-ethyl adjacent to an activating group) is 1. The van der Waals surface area contributed by atoms with Crippen LogP contribution in [0.1, 0.15) is 18.1 Å². The predicted octanol–water partition coefficient (Wildman–Crippen LogP) is 4.83. The molecule has 0 saturated heterocycles. The number of nitrogens with one attached hydrogen (secondary N) is 1. The molecule has 0 heterocycles. The van der Waals surface area contributed by atoms with Gasteiger partial charge in [-0.2, -0.15) is 0 Å². The van der Waals surface area contributed by atoms with E-state index in [2.05, 4.69) is 46.4 Å². The van der Waals surface area contributed by atoms with E-state index in [0.717, 1.165) is 29.7 Å². The van der Waals surface area contributed by atoms with E-state index in [1.165, 1.54) is 11.1 Å². The lowest BCUT2D eigenvalue weighted by Gasteiger charge is -2.12. The van der Waals surface area contributed by atoms with E-state index in [0.29, 0.717) is 11.6 Å². The lowest BCUT2D eigenvalue weighted by molar-refractivity contribution is 0.303. The van der Waals surface area contributed by atoms with Crippen LogP contribution in [0.5, 0.6) is 5.75 Å². The van der Waals surface area contributed by atoms with Crippen molar-refractivity contribution < 1.29 is 4.74 Å². The minimum absolute atomic E-state index is 0.558. The molecule has 0 spiro atoms. The van der Waals surface area contributed by atoms with Crippen LogP contribution in [0.15, 0.2) is 46.9 Å². The van der Waals surface area contributed by atoms with Crippen molar-refractivity contribution >= 4 is 27.5 Å². The summed E-state index contributed by atoms with van der Waals surface area (Å²) in [7, 11) is 0. The van der Waals surface area contributed by atoms with Crippen LogP contribution in [0.2, 0.25) is 5.02 Å². The lowest BCUT2D eigenvalue weighted by atomic mass is 10.1. The SMILES string of the molecule is CCNCCc1ccccc1COc1ccc(Cl)cc1Br. The molecule has 0 aliphatic carbocycles. The van der Waals surface area contributed by atoms with E-state index >= 15 is 0 Å². The first-order valence-electron chi connectivity index (χ1n) is 7.06. The van der Waals surface area contributed by atoms with Crippen LogP contribution in [0.3, 0.4) is 0 Å². The van der Waals surface area contributed by atoms with Crippen molar-refractivity contribution in [3.63, 3.8) is 0 Å². The average molecular weight is 369 g/mol. The Labute approximate surface area is 139 Å². The summed E-state index contributed by atoms with van der Waals surface area (Å²) in [4.78, 5) is 0. The largest absolute Gasteiger partial charge is 0.488 e. The zero-order valence-electron chi connectivity index (χ0n) is 12.0. The Morgan fingerprint density at radius 1 is 1.14 bits per heavy atom. The molecule has 2 rings (SSSR count). The third-order valence-corrected chi connectivity index (χ3v) is 4.07. The molecule has 2 aromatic carbocycles. The van der Waals surface area contributed by atoms with Crippen molar-refractivity contribution in [1.82, 2.24) is 5.32 Å². The standard InChI is InChI=1S/C17H19BrClNO/c1-2-20-10-9-13-5-3-4-6-14(13)12-21-17-8-7-15(19)11-16(17)18/h3-8,11,20H,2,9-10,12H2,1H3. The monoisotopic (exact) mass is 367 g/mol. The van der Waals surface area contributed by atoms with E-state index in [-0.39, 0.29) is 0 Å². The topological polar surface area (TPSA) is 21.3 Å². The van der Waals surface area contributed by atoms with Crippen molar-refractivity contribution in [3.05, 3.63) is 63.1 Å². The van der Waals surface area contributed by atoms with Gasteiger partial charge < -0.3 is 10.1 Å². The molecule has 4 heteroatoms. The van der Waals surface area contributed by atoms with E-state index in [1.54, 1.807) is 0 Å². The molecule has 0 aromatic heterocycles. The highest BCUT2D eigenvalue weighted by molar-refractivity contribution is 9.10. The summed E-state index contributed by atoms with van der Waals surface area (Å²) in [5.41, 5.74) is 2.54. The van der Waals surface area contributed by atoms with Crippen LogP contribution < -0.4 is 10.1 Å². The normalized spacial score (nSPS) is 10.6. The third kappa shape index (κ3) is 5.03. The van der Waals surface area contributed by atoms with Crippen LogP contribution in [0.4, 0.5) is 0 Å². The smallest absolute Gasteiger partial charge is 0.134 e. The molecule has 0 amide bonds. The Morgan fingerprint density at radius 3 is 2.62 bits per heavy atom. The highest BCUT2D eigenvalue weighted by atomic mass is 79.9. The summed E-state index contributed by atoms with van der Waals surface area (Å²) >= 11 is 9.41. The van der Waals surface area contributed by atoms with E-state index < -0.39 is 0 Å². The maximum Gasteiger partial charge on any atom is 0.134 e. The molecule has 112 valence electrons. The van der Waals surface area contributed by atoms with Gasteiger partial charge in [-0.1, -0.05) is 42.8 Å². The van der Waals surface area contributed by atoms with Crippen LogP contribution in [-0.4, -0.2) is 13.1 Å². The quantitative estimate of drug-likeness (QED) is 0.707. The second kappa shape index (κ2) is 8.42. The summed E-state index contributed by atoms with van der Waals surface area (Å²) in [5.74, 6) is 0.806. The van der Waals surface area contributed by atoms with Gasteiger partial charge in [0.05, 0.1) is 4.47 Å². The van der Waals surface area contributed by atoms with Gasteiger partial charge in [-0.3, -0.25) is 0 Å². The van der Waals surface area contributed by atoms with Gasteiger partial charge in [-0.25, -0.2) is 0 Å². The van der Waals surface area contributed by atoms with Crippen molar-refractivity contribution in [3.8, 4) is 5.75 Å². The Morgan fingerprint density at radius 2 is 1.90 bits per heavy atom. The molecule has 0 unspecified atom stereocenters. The molecule has 0 saturated carbocycles. The molecule has 0 aliphatic rings. The van der Waals surface area contributed by atoms with Gasteiger partial charge in [-0.05, 0) is 64.8 Å². The molecule has 2 aromatic rings. The minimum atomic E-state index is 0.558. The molecular weight excluding hydrogens is 350 g/mol. The Hall–Kier alpha value is -1.03. The van der Waals surface area contributed by atoms with Crippen molar-refractivity contribution in [2.45, 2.75) is 20.0 Å². The summed E-state index contributed by atoms with van der Waals surface area (Å²) in [6.45, 7) is 4.66. The maximum absolute atomic E-state index is 5.94. The first-order valence-corrected chi connectivity index (χ1v) is 8.23. The first kappa shape index (κ1) is 16.3. The highest BCUT2D eigenvalue weighted by Gasteiger charge is 2.05. The summed E-state index contributed by atoms with van der Waals surface area (Å²) in [6, 6.07) is 14.0.